The van der Waals surface area contributed by atoms with Crippen LogP contribution >= 0.6 is 0 Å². The van der Waals surface area contributed by atoms with Crippen LogP contribution in [0.15, 0.2) is 22.8 Å². The van der Waals surface area contributed by atoms with Crippen molar-refractivity contribution in [3.63, 3.8) is 0 Å². The van der Waals surface area contributed by atoms with Gasteiger partial charge in [-0.2, -0.15) is 0 Å². The van der Waals surface area contributed by atoms with Crippen molar-refractivity contribution in [1.82, 2.24) is 9.80 Å². The van der Waals surface area contributed by atoms with Crippen molar-refractivity contribution in [2.75, 3.05) is 33.4 Å². The number of rotatable bonds is 4. The minimum atomic E-state index is -0.0184. The van der Waals surface area contributed by atoms with Crippen molar-refractivity contribution in [3.8, 4) is 0 Å². The SMILES string of the molecule is COCCN1C(C)CN(C(=O)c2ccco2)CC1C. The topological polar surface area (TPSA) is 45.9 Å². The summed E-state index contributed by atoms with van der Waals surface area (Å²) in [6, 6.07) is 4.12. The second-order valence-electron chi connectivity index (χ2n) is 5.12. The summed E-state index contributed by atoms with van der Waals surface area (Å²) in [7, 11) is 1.71. The normalized spacial score (nSPS) is 24.7. The van der Waals surface area contributed by atoms with E-state index in [1.165, 1.54) is 6.26 Å². The van der Waals surface area contributed by atoms with Gasteiger partial charge in [-0.1, -0.05) is 0 Å². The van der Waals surface area contributed by atoms with Crippen LogP contribution in [-0.2, 0) is 4.74 Å². The van der Waals surface area contributed by atoms with E-state index in [1.807, 2.05) is 4.90 Å². The molecule has 2 rings (SSSR count). The van der Waals surface area contributed by atoms with E-state index in [4.69, 9.17) is 9.15 Å². The van der Waals surface area contributed by atoms with Crippen LogP contribution in [0.3, 0.4) is 0 Å². The zero-order valence-corrected chi connectivity index (χ0v) is 11.8. The Hall–Kier alpha value is -1.33. The third kappa shape index (κ3) is 3.16. The van der Waals surface area contributed by atoms with Crippen LogP contribution in [-0.4, -0.2) is 61.1 Å². The Morgan fingerprint density at radius 2 is 2.11 bits per heavy atom. The lowest BCUT2D eigenvalue weighted by atomic mass is 10.1. The minimum absolute atomic E-state index is 0.0184. The van der Waals surface area contributed by atoms with Crippen LogP contribution in [0.25, 0.3) is 0 Å². The molecule has 2 unspecified atom stereocenters. The molecule has 5 nitrogen and oxygen atoms in total. The highest BCUT2D eigenvalue weighted by Crippen LogP contribution is 2.17. The van der Waals surface area contributed by atoms with Gasteiger partial charge in [0.05, 0.1) is 12.9 Å². The quantitative estimate of drug-likeness (QED) is 0.827. The Morgan fingerprint density at radius 3 is 2.63 bits per heavy atom. The smallest absolute Gasteiger partial charge is 0.289 e. The molecular formula is C14H22N2O3. The summed E-state index contributed by atoms with van der Waals surface area (Å²) in [6.07, 6.45) is 1.54. The van der Waals surface area contributed by atoms with Crippen LogP contribution in [0.5, 0.6) is 0 Å². The number of nitrogens with zero attached hydrogens (tertiary/aromatic N) is 2. The molecule has 5 heteroatoms. The first-order valence-corrected chi connectivity index (χ1v) is 6.71. The van der Waals surface area contributed by atoms with Crippen molar-refractivity contribution in [3.05, 3.63) is 24.2 Å². The Morgan fingerprint density at radius 1 is 1.42 bits per heavy atom. The van der Waals surface area contributed by atoms with Gasteiger partial charge in [0.25, 0.3) is 5.91 Å². The zero-order chi connectivity index (χ0) is 13.8. The number of amides is 1. The first kappa shape index (κ1) is 14.1. The van der Waals surface area contributed by atoms with Crippen molar-refractivity contribution < 1.29 is 13.9 Å². The molecule has 2 heterocycles. The molecule has 0 radical (unpaired) electrons. The summed E-state index contributed by atoms with van der Waals surface area (Å²) in [4.78, 5) is 16.5. The third-order valence-electron chi connectivity index (χ3n) is 3.67. The first-order chi connectivity index (χ1) is 9.13. The summed E-state index contributed by atoms with van der Waals surface area (Å²) < 4.78 is 10.3. The summed E-state index contributed by atoms with van der Waals surface area (Å²) in [6.45, 7) is 7.38. The van der Waals surface area contributed by atoms with Gasteiger partial charge in [-0.05, 0) is 26.0 Å². The Balaban J connectivity index is 1.99. The maximum atomic E-state index is 12.3. The third-order valence-corrected chi connectivity index (χ3v) is 3.67. The lowest BCUT2D eigenvalue weighted by Gasteiger charge is -2.44. The summed E-state index contributed by atoms with van der Waals surface area (Å²) in [5, 5.41) is 0. The number of piperazine rings is 1. The van der Waals surface area contributed by atoms with Crippen LogP contribution in [0.4, 0.5) is 0 Å². The number of hydrogen-bond acceptors (Lipinski definition) is 4. The van der Waals surface area contributed by atoms with E-state index < -0.39 is 0 Å². The lowest BCUT2D eigenvalue weighted by molar-refractivity contribution is 0.0177. The fraction of sp³-hybridized carbons (Fsp3) is 0.643. The predicted octanol–water partition coefficient (Wildman–Crippen LogP) is 1.46. The molecule has 1 aliphatic rings. The van der Waals surface area contributed by atoms with Gasteiger partial charge in [0, 0.05) is 38.8 Å². The van der Waals surface area contributed by atoms with Gasteiger partial charge in [0.15, 0.2) is 5.76 Å². The van der Waals surface area contributed by atoms with Gasteiger partial charge in [0.1, 0.15) is 0 Å². The number of ether oxygens (including phenoxy) is 1. The lowest BCUT2D eigenvalue weighted by Crippen LogP contribution is -2.58. The summed E-state index contributed by atoms with van der Waals surface area (Å²) in [5.41, 5.74) is 0. The summed E-state index contributed by atoms with van der Waals surface area (Å²) in [5.74, 6) is 0.403. The molecule has 1 aromatic heterocycles. The van der Waals surface area contributed by atoms with E-state index in [0.29, 0.717) is 17.8 Å². The van der Waals surface area contributed by atoms with Crippen molar-refractivity contribution >= 4 is 5.91 Å². The average molecular weight is 266 g/mol. The molecule has 2 atom stereocenters. The van der Waals surface area contributed by atoms with Gasteiger partial charge in [-0.25, -0.2) is 0 Å². The molecule has 0 aliphatic carbocycles. The average Bonchev–Trinajstić information content (AvgIpc) is 2.90. The van der Waals surface area contributed by atoms with Crippen LogP contribution in [0.2, 0.25) is 0 Å². The van der Waals surface area contributed by atoms with Gasteiger partial charge < -0.3 is 14.1 Å². The highest BCUT2D eigenvalue weighted by atomic mass is 16.5. The number of furan rings is 1. The molecule has 1 fully saturated rings. The zero-order valence-electron chi connectivity index (χ0n) is 11.8. The maximum Gasteiger partial charge on any atom is 0.289 e. The minimum Gasteiger partial charge on any atom is -0.459 e. The number of methoxy groups -OCH3 is 1. The van der Waals surface area contributed by atoms with Crippen molar-refractivity contribution in [2.45, 2.75) is 25.9 Å². The molecule has 19 heavy (non-hydrogen) atoms. The molecule has 0 saturated carbocycles. The van der Waals surface area contributed by atoms with E-state index in [2.05, 4.69) is 18.7 Å². The van der Waals surface area contributed by atoms with E-state index in [9.17, 15) is 4.79 Å². The maximum absolute atomic E-state index is 12.3. The van der Waals surface area contributed by atoms with Crippen LogP contribution < -0.4 is 0 Å². The van der Waals surface area contributed by atoms with E-state index in [0.717, 1.165) is 26.2 Å². The van der Waals surface area contributed by atoms with E-state index in [-0.39, 0.29) is 5.91 Å². The van der Waals surface area contributed by atoms with Crippen LogP contribution in [0.1, 0.15) is 24.4 Å². The molecule has 106 valence electrons. The molecule has 0 aromatic carbocycles. The number of carbonyl (C=O) groups excluding carboxylic acids is 1. The van der Waals surface area contributed by atoms with Gasteiger partial charge >= 0.3 is 0 Å². The van der Waals surface area contributed by atoms with E-state index >= 15 is 0 Å². The highest BCUT2D eigenvalue weighted by molar-refractivity contribution is 5.91. The molecular weight excluding hydrogens is 244 g/mol. The van der Waals surface area contributed by atoms with Crippen LogP contribution in [0, 0.1) is 0 Å². The second-order valence-corrected chi connectivity index (χ2v) is 5.12. The molecule has 1 aromatic rings. The fourth-order valence-electron chi connectivity index (χ4n) is 2.72. The second kappa shape index (κ2) is 6.21. The largest absolute Gasteiger partial charge is 0.459 e. The molecule has 1 amide bonds. The summed E-state index contributed by atoms with van der Waals surface area (Å²) >= 11 is 0. The molecule has 0 N–H and O–H groups in total. The number of carbonyl (C=O) groups is 1. The first-order valence-electron chi connectivity index (χ1n) is 6.71. The molecule has 0 bridgehead atoms. The van der Waals surface area contributed by atoms with Crippen molar-refractivity contribution in [2.24, 2.45) is 0 Å². The number of hydrogen-bond donors (Lipinski definition) is 0. The standard InChI is InChI=1S/C14H22N2O3/c1-11-9-15(14(17)13-5-4-7-19-13)10-12(2)16(11)6-8-18-3/h4-5,7,11-12H,6,8-10H2,1-3H3. The molecule has 1 aliphatic heterocycles. The van der Waals surface area contributed by atoms with Crippen molar-refractivity contribution in [1.29, 1.82) is 0 Å². The van der Waals surface area contributed by atoms with Gasteiger partial charge in [-0.3, -0.25) is 9.69 Å². The monoisotopic (exact) mass is 266 g/mol. The van der Waals surface area contributed by atoms with E-state index in [1.54, 1.807) is 19.2 Å². The molecule has 1 saturated heterocycles. The Kier molecular flexibility index (Phi) is 4.61. The molecule has 0 spiro atoms. The predicted molar refractivity (Wildman–Crippen MR) is 72.1 cm³/mol. The fourth-order valence-corrected chi connectivity index (χ4v) is 2.72. The van der Waals surface area contributed by atoms with Gasteiger partial charge in [0.2, 0.25) is 0 Å². The Bertz CT molecular complexity index is 393. The Labute approximate surface area is 114 Å². The highest BCUT2D eigenvalue weighted by Gasteiger charge is 2.32. The van der Waals surface area contributed by atoms with Gasteiger partial charge in [-0.15, -0.1) is 0 Å².